The lowest BCUT2D eigenvalue weighted by Crippen LogP contribution is -2.72. The molecular weight excluding hydrogens is 283 g/mol. The van der Waals surface area contributed by atoms with Crippen LogP contribution in [-0.4, -0.2) is 36.4 Å². The van der Waals surface area contributed by atoms with Gasteiger partial charge in [-0.25, -0.2) is 14.0 Å². The second-order valence-electron chi connectivity index (χ2n) is 4.17. The average molecular weight is 296 g/mol. The van der Waals surface area contributed by atoms with Crippen LogP contribution in [-0.2, 0) is 14.3 Å². The number of ether oxygens (including phenoxy) is 2. The van der Waals surface area contributed by atoms with Crippen LogP contribution in [0.2, 0.25) is 0 Å². The molecule has 0 aliphatic carbocycles. The van der Waals surface area contributed by atoms with Gasteiger partial charge >= 0.3 is 17.7 Å². The van der Waals surface area contributed by atoms with E-state index in [1.165, 1.54) is 19.1 Å². The Hall–Kier alpha value is -2.64. The number of carbonyl (C=O) groups is 3. The molecule has 8 heteroatoms. The molecule has 21 heavy (non-hydrogen) atoms. The Labute approximate surface area is 119 Å². The molecular formula is C13H13FN2O5. The number of benzene rings is 1. The molecule has 0 bridgehead atoms. The van der Waals surface area contributed by atoms with E-state index in [4.69, 9.17) is 4.74 Å². The maximum absolute atomic E-state index is 14.8. The number of urea groups is 1. The molecule has 7 nitrogen and oxygen atoms in total. The molecule has 1 aromatic carbocycles. The molecule has 1 aromatic rings. The number of hydrogen-bond donors (Lipinski definition) is 2. The van der Waals surface area contributed by atoms with Crippen LogP contribution in [0.15, 0.2) is 30.3 Å². The summed E-state index contributed by atoms with van der Waals surface area (Å²) in [5.74, 6) is -2.67. The summed E-state index contributed by atoms with van der Waals surface area (Å²) in [5.41, 5.74) is -3.17. The number of amides is 3. The fourth-order valence-corrected chi connectivity index (χ4v) is 1.75. The molecule has 2 unspecified atom stereocenters. The van der Waals surface area contributed by atoms with E-state index in [2.05, 4.69) is 10.1 Å². The molecule has 2 rings (SSSR count). The lowest BCUT2D eigenvalue weighted by molar-refractivity contribution is -0.172. The molecule has 3 amide bonds. The summed E-state index contributed by atoms with van der Waals surface area (Å²) in [5, 5.41) is 3.74. The smallest absolute Gasteiger partial charge is 0.360 e. The van der Waals surface area contributed by atoms with Gasteiger partial charge in [-0.05, 0) is 19.1 Å². The molecule has 1 heterocycles. The van der Waals surface area contributed by atoms with E-state index < -0.39 is 29.8 Å². The van der Waals surface area contributed by atoms with E-state index in [9.17, 15) is 18.8 Å². The van der Waals surface area contributed by atoms with Crippen molar-refractivity contribution in [3.8, 4) is 5.75 Å². The van der Waals surface area contributed by atoms with Gasteiger partial charge in [0.05, 0.1) is 6.61 Å². The number of imide groups is 1. The fourth-order valence-electron chi connectivity index (χ4n) is 1.75. The minimum absolute atomic E-state index is 0.121. The van der Waals surface area contributed by atoms with Crippen LogP contribution in [0, 0.1) is 0 Å². The van der Waals surface area contributed by atoms with E-state index in [0.29, 0.717) is 0 Å². The number of alkyl halides is 1. The standard InChI is InChI=1S/C13H13FN2O5/c1-2-20-11(18)13(14)9(17)15-12(19)16-10(13)21-8-6-4-3-5-7-8/h3-7,10H,2H2,1H3,(H2,15,16,17,19). The molecule has 1 saturated heterocycles. The predicted molar refractivity (Wildman–Crippen MR) is 68.0 cm³/mol. The van der Waals surface area contributed by atoms with Gasteiger partial charge in [-0.1, -0.05) is 18.2 Å². The van der Waals surface area contributed by atoms with Crippen molar-refractivity contribution in [2.75, 3.05) is 6.61 Å². The lowest BCUT2D eigenvalue weighted by Gasteiger charge is -2.34. The minimum atomic E-state index is -3.17. The van der Waals surface area contributed by atoms with Crippen molar-refractivity contribution in [2.24, 2.45) is 0 Å². The first-order valence-corrected chi connectivity index (χ1v) is 6.18. The third kappa shape index (κ3) is 2.78. The Balaban J connectivity index is 2.30. The molecule has 1 aliphatic rings. The monoisotopic (exact) mass is 296 g/mol. The van der Waals surface area contributed by atoms with Gasteiger partial charge in [0.25, 0.3) is 5.91 Å². The van der Waals surface area contributed by atoms with E-state index in [-0.39, 0.29) is 12.4 Å². The number of nitrogens with one attached hydrogen (secondary N) is 2. The van der Waals surface area contributed by atoms with Gasteiger partial charge in [0.15, 0.2) is 0 Å². The van der Waals surface area contributed by atoms with Gasteiger partial charge in [0, 0.05) is 0 Å². The summed E-state index contributed by atoms with van der Waals surface area (Å²) in [6.07, 6.45) is -1.82. The van der Waals surface area contributed by atoms with Crippen LogP contribution < -0.4 is 15.4 Å². The summed E-state index contributed by atoms with van der Waals surface area (Å²) in [6.45, 7) is 1.34. The van der Waals surface area contributed by atoms with Crippen LogP contribution in [0.4, 0.5) is 9.18 Å². The highest BCUT2D eigenvalue weighted by Gasteiger charge is 2.60. The van der Waals surface area contributed by atoms with Crippen molar-refractivity contribution >= 4 is 17.9 Å². The molecule has 1 aliphatic heterocycles. The van der Waals surface area contributed by atoms with E-state index >= 15 is 0 Å². The van der Waals surface area contributed by atoms with E-state index in [1.807, 2.05) is 0 Å². The first-order chi connectivity index (χ1) is 9.98. The molecule has 112 valence electrons. The molecule has 1 fully saturated rings. The number of carbonyl (C=O) groups excluding carboxylic acids is 3. The largest absolute Gasteiger partial charge is 0.466 e. The van der Waals surface area contributed by atoms with Gasteiger partial charge in [0.1, 0.15) is 5.75 Å². The number of esters is 1. The molecule has 0 aromatic heterocycles. The van der Waals surface area contributed by atoms with Crippen molar-refractivity contribution in [1.82, 2.24) is 10.6 Å². The summed E-state index contributed by atoms with van der Waals surface area (Å²) in [4.78, 5) is 34.8. The molecule has 2 atom stereocenters. The normalized spacial score (nSPS) is 24.8. The Bertz CT molecular complexity index is 565. The van der Waals surface area contributed by atoms with Crippen LogP contribution in [0.25, 0.3) is 0 Å². The number of halogens is 1. The molecule has 0 radical (unpaired) electrons. The minimum Gasteiger partial charge on any atom is -0.466 e. The molecule has 0 spiro atoms. The highest BCUT2D eigenvalue weighted by Crippen LogP contribution is 2.25. The third-order valence-corrected chi connectivity index (χ3v) is 2.75. The van der Waals surface area contributed by atoms with Gasteiger partial charge in [-0.15, -0.1) is 0 Å². The second-order valence-corrected chi connectivity index (χ2v) is 4.17. The topological polar surface area (TPSA) is 93.7 Å². The first kappa shape index (κ1) is 14.8. The maximum atomic E-state index is 14.8. The van der Waals surface area contributed by atoms with E-state index in [1.54, 1.807) is 23.5 Å². The number of para-hydroxylation sites is 1. The van der Waals surface area contributed by atoms with Crippen molar-refractivity contribution in [2.45, 2.75) is 18.8 Å². The Kier molecular flexibility index (Phi) is 4.06. The number of rotatable bonds is 4. The maximum Gasteiger partial charge on any atom is 0.360 e. The van der Waals surface area contributed by atoms with Crippen LogP contribution >= 0.6 is 0 Å². The van der Waals surface area contributed by atoms with Crippen molar-refractivity contribution in [3.05, 3.63) is 30.3 Å². The quantitative estimate of drug-likeness (QED) is 0.623. The van der Waals surface area contributed by atoms with Gasteiger partial charge in [-0.2, -0.15) is 0 Å². The second kappa shape index (κ2) is 5.78. The number of hydrogen-bond acceptors (Lipinski definition) is 5. The fraction of sp³-hybridized carbons (Fsp3) is 0.308. The SMILES string of the molecule is CCOC(=O)C1(F)C(=O)NC(=O)NC1Oc1ccccc1. The summed E-state index contributed by atoms with van der Waals surface area (Å²) in [6, 6.07) is 6.95. The molecule has 0 saturated carbocycles. The highest BCUT2D eigenvalue weighted by molar-refractivity contribution is 6.14. The lowest BCUT2D eigenvalue weighted by atomic mass is 10.0. The highest BCUT2D eigenvalue weighted by atomic mass is 19.1. The van der Waals surface area contributed by atoms with Crippen LogP contribution in [0.5, 0.6) is 5.75 Å². The zero-order valence-electron chi connectivity index (χ0n) is 11.1. The van der Waals surface area contributed by atoms with Crippen molar-refractivity contribution in [3.63, 3.8) is 0 Å². The van der Waals surface area contributed by atoms with Crippen molar-refractivity contribution < 1.29 is 28.2 Å². The summed E-state index contributed by atoms with van der Waals surface area (Å²) in [7, 11) is 0. The summed E-state index contributed by atoms with van der Waals surface area (Å²) < 4.78 is 24.6. The summed E-state index contributed by atoms with van der Waals surface area (Å²) >= 11 is 0. The molecule has 2 N–H and O–H groups in total. The first-order valence-electron chi connectivity index (χ1n) is 6.18. The van der Waals surface area contributed by atoms with Crippen LogP contribution in [0.3, 0.4) is 0 Å². The van der Waals surface area contributed by atoms with Crippen LogP contribution in [0.1, 0.15) is 6.92 Å². The van der Waals surface area contributed by atoms with Gasteiger partial charge in [0.2, 0.25) is 6.23 Å². The predicted octanol–water partition coefficient (Wildman–Crippen LogP) is 0.502. The Morgan fingerprint density at radius 3 is 2.62 bits per heavy atom. The van der Waals surface area contributed by atoms with E-state index in [0.717, 1.165) is 0 Å². The average Bonchev–Trinajstić information content (AvgIpc) is 2.45. The zero-order valence-corrected chi connectivity index (χ0v) is 11.1. The van der Waals surface area contributed by atoms with Gasteiger partial charge < -0.3 is 9.47 Å². The Morgan fingerprint density at radius 2 is 2.00 bits per heavy atom. The third-order valence-electron chi connectivity index (χ3n) is 2.75. The van der Waals surface area contributed by atoms with Gasteiger partial charge in [-0.3, -0.25) is 15.4 Å². The van der Waals surface area contributed by atoms with Crippen molar-refractivity contribution in [1.29, 1.82) is 0 Å². The zero-order chi connectivity index (χ0) is 15.5. The Morgan fingerprint density at radius 1 is 1.33 bits per heavy atom.